The van der Waals surface area contributed by atoms with Crippen LogP contribution >= 0.6 is 0 Å². The lowest BCUT2D eigenvalue weighted by Crippen LogP contribution is -2.36. The van der Waals surface area contributed by atoms with E-state index in [4.69, 9.17) is 4.74 Å². The molecule has 1 aliphatic heterocycles. The fraction of sp³-hybridized carbons (Fsp3) is 0.750. The van der Waals surface area contributed by atoms with Crippen molar-refractivity contribution in [3.8, 4) is 0 Å². The number of nitrogens with one attached hydrogen (secondary N) is 1. The maximum atomic E-state index is 12.0. The summed E-state index contributed by atoms with van der Waals surface area (Å²) < 4.78 is 5.20. The molecule has 0 spiro atoms. The number of amides is 2. The van der Waals surface area contributed by atoms with Gasteiger partial charge in [-0.1, -0.05) is 6.08 Å². The SMILES string of the molecule is CN(C)C/C=C/C(=O)N1CC[C@H](CNC(=O)OC(C)(C)C)C1. The van der Waals surface area contributed by atoms with Crippen LogP contribution in [0.25, 0.3) is 0 Å². The van der Waals surface area contributed by atoms with Gasteiger partial charge in [-0.05, 0) is 47.2 Å². The summed E-state index contributed by atoms with van der Waals surface area (Å²) in [4.78, 5) is 27.4. The Kier molecular flexibility index (Phi) is 6.87. The number of likely N-dealkylation sites (tertiary alicyclic amines) is 1. The zero-order valence-corrected chi connectivity index (χ0v) is 14.4. The molecule has 1 fully saturated rings. The highest BCUT2D eigenvalue weighted by Gasteiger charge is 2.26. The first kappa shape index (κ1) is 18.5. The average molecular weight is 311 g/mol. The van der Waals surface area contributed by atoms with Crippen molar-refractivity contribution in [1.29, 1.82) is 0 Å². The molecule has 1 atom stereocenters. The number of carbonyl (C=O) groups is 2. The van der Waals surface area contributed by atoms with Crippen LogP contribution in [0.4, 0.5) is 4.79 Å². The van der Waals surface area contributed by atoms with Gasteiger partial charge in [-0.15, -0.1) is 0 Å². The van der Waals surface area contributed by atoms with E-state index in [1.54, 1.807) is 6.08 Å². The predicted molar refractivity (Wildman–Crippen MR) is 86.6 cm³/mol. The number of rotatable bonds is 5. The molecule has 0 saturated carbocycles. The van der Waals surface area contributed by atoms with Crippen molar-refractivity contribution in [2.75, 3.05) is 40.3 Å². The van der Waals surface area contributed by atoms with Crippen LogP contribution < -0.4 is 5.32 Å². The minimum atomic E-state index is -0.487. The van der Waals surface area contributed by atoms with Gasteiger partial charge in [0.05, 0.1) is 0 Å². The second kappa shape index (κ2) is 8.17. The van der Waals surface area contributed by atoms with E-state index >= 15 is 0 Å². The van der Waals surface area contributed by atoms with Crippen LogP contribution in [0.1, 0.15) is 27.2 Å². The van der Waals surface area contributed by atoms with Crippen LogP contribution in [0.2, 0.25) is 0 Å². The number of ether oxygens (including phenoxy) is 1. The van der Waals surface area contributed by atoms with Crippen molar-refractivity contribution in [3.05, 3.63) is 12.2 Å². The normalized spacial score (nSPS) is 19.0. The van der Waals surface area contributed by atoms with Gasteiger partial charge in [0.2, 0.25) is 5.91 Å². The van der Waals surface area contributed by atoms with Gasteiger partial charge in [0.25, 0.3) is 0 Å². The number of carbonyl (C=O) groups excluding carboxylic acids is 2. The zero-order valence-electron chi connectivity index (χ0n) is 14.4. The molecular formula is C16H29N3O3. The van der Waals surface area contributed by atoms with E-state index in [9.17, 15) is 9.59 Å². The van der Waals surface area contributed by atoms with E-state index in [2.05, 4.69) is 5.32 Å². The summed E-state index contributed by atoms with van der Waals surface area (Å²) >= 11 is 0. The first-order valence-electron chi connectivity index (χ1n) is 7.74. The quantitative estimate of drug-likeness (QED) is 0.781. The van der Waals surface area contributed by atoms with Gasteiger partial charge in [0, 0.05) is 32.3 Å². The van der Waals surface area contributed by atoms with Crippen molar-refractivity contribution < 1.29 is 14.3 Å². The summed E-state index contributed by atoms with van der Waals surface area (Å²) in [6, 6.07) is 0. The van der Waals surface area contributed by atoms with E-state index in [0.29, 0.717) is 19.0 Å². The predicted octanol–water partition coefficient (Wildman–Crippen LogP) is 1.48. The van der Waals surface area contributed by atoms with Crippen molar-refractivity contribution >= 4 is 12.0 Å². The molecule has 0 bridgehead atoms. The molecule has 1 N–H and O–H groups in total. The molecule has 1 saturated heterocycles. The summed E-state index contributed by atoms with van der Waals surface area (Å²) in [5.41, 5.74) is -0.487. The molecule has 0 radical (unpaired) electrons. The molecule has 6 heteroatoms. The average Bonchev–Trinajstić information content (AvgIpc) is 2.82. The summed E-state index contributed by atoms with van der Waals surface area (Å²) in [6.07, 6.45) is 4.00. The van der Waals surface area contributed by atoms with Crippen LogP contribution in [-0.2, 0) is 9.53 Å². The third kappa shape index (κ3) is 7.45. The lowest BCUT2D eigenvalue weighted by molar-refractivity contribution is -0.125. The van der Waals surface area contributed by atoms with Gasteiger partial charge < -0.3 is 19.9 Å². The van der Waals surface area contributed by atoms with Crippen LogP contribution in [0.5, 0.6) is 0 Å². The van der Waals surface area contributed by atoms with Crippen LogP contribution in [0.3, 0.4) is 0 Å². The molecule has 1 rings (SSSR count). The second-order valence-electron chi connectivity index (χ2n) is 6.99. The molecule has 1 aliphatic rings. The zero-order chi connectivity index (χ0) is 16.8. The van der Waals surface area contributed by atoms with E-state index in [1.807, 2.05) is 50.7 Å². The van der Waals surface area contributed by atoms with Gasteiger partial charge in [-0.3, -0.25) is 4.79 Å². The molecule has 22 heavy (non-hydrogen) atoms. The highest BCUT2D eigenvalue weighted by Crippen LogP contribution is 2.16. The molecule has 0 aliphatic carbocycles. The fourth-order valence-corrected chi connectivity index (χ4v) is 2.21. The summed E-state index contributed by atoms with van der Waals surface area (Å²) in [5.74, 6) is 0.334. The second-order valence-corrected chi connectivity index (χ2v) is 6.99. The molecule has 0 aromatic heterocycles. The van der Waals surface area contributed by atoms with Crippen LogP contribution in [0.15, 0.2) is 12.2 Å². The fourth-order valence-electron chi connectivity index (χ4n) is 2.21. The molecule has 126 valence electrons. The maximum Gasteiger partial charge on any atom is 0.407 e. The van der Waals surface area contributed by atoms with E-state index in [0.717, 1.165) is 19.5 Å². The summed E-state index contributed by atoms with van der Waals surface area (Å²) in [7, 11) is 3.92. The summed E-state index contributed by atoms with van der Waals surface area (Å²) in [6.45, 7) is 8.23. The van der Waals surface area contributed by atoms with Gasteiger partial charge in [0.15, 0.2) is 0 Å². The van der Waals surface area contributed by atoms with Crippen LogP contribution in [-0.4, -0.2) is 67.7 Å². The Bertz CT molecular complexity index is 413. The molecule has 1 heterocycles. The first-order chi connectivity index (χ1) is 10.2. The minimum Gasteiger partial charge on any atom is -0.444 e. The van der Waals surface area contributed by atoms with Crippen molar-refractivity contribution in [2.24, 2.45) is 5.92 Å². The van der Waals surface area contributed by atoms with Gasteiger partial charge in [-0.2, -0.15) is 0 Å². The molecule has 0 unspecified atom stereocenters. The largest absolute Gasteiger partial charge is 0.444 e. The van der Waals surface area contributed by atoms with Crippen molar-refractivity contribution in [1.82, 2.24) is 15.1 Å². The highest BCUT2D eigenvalue weighted by molar-refractivity contribution is 5.87. The Morgan fingerprint density at radius 1 is 1.36 bits per heavy atom. The Morgan fingerprint density at radius 2 is 2.05 bits per heavy atom. The Balaban J connectivity index is 2.29. The molecule has 2 amide bonds. The smallest absolute Gasteiger partial charge is 0.407 e. The van der Waals surface area contributed by atoms with E-state index in [-0.39, 0.29) is 5.91 Å². The third-order valence-corrected chi connectivity index (χ3v) is 3.26. The number of nitrogens with zero attached hydrogens (tertiary/aromatic N) is 2. The Morgan fingerprint density at radius 3 is 2.64 bits per heavy atom. The maximum absolute atomic E-state index is 12.0. The van der Waals surface area contributed by atoms with Gasteiger partial charge in [-0.25, -0.2) is 4.79 Å². The van der Waals surface area contributed by atoms with Gasteiger partial charge in [0.1, 0.15) is 5.60 Å². The number of hydrogen-bond acceptors (Lipinski definition) is 4. The van der Waals surface area contributed by atoms with Gasteiger partial charge >= 0.3 is 6.09 Å². The topological polar surface area (TPSA) is 61.9 Å². The van der Waals surface area contributed by atoms with E-state index < -0.39 is 11.7 Å². The Hall–Kier alpha value is -1.56. The molecular weight excluding hydrogens is 282 g/mol. The lowest BCUT2D eigenvalue weighted by atomic mass is 10.1. The van der Waals surface area contributed by atoms with E-state index in [1.165, 1.54) is 0 Å². The highest BCUT2D eigenvalue weighted by atomic mass is 16.6. The molecule has 6 nitrogen and oxygen atoms in total. The first-order valence-corrected chi connectivity index (χ1v) is 7.74. The number of likely N-dealkylation sites (N-methyl/N-ethyl adjacent to an activating group) is 1. The van der Waals surface area contributed by atoms with Crippen molar-refractivity contribution in [2.45, 2.75) is 32.8 Å². The Labute approximate surface area is 133 Å². The lowest BCUT2D eigenvalue weighted by Gasteiger charge is -2.20. The number of alkyl carbamates (subject to hydrolysis) is 1. The number of hydrogen-bond donors (Lipinski definition) is 1. The van der Waals surface area contributed by atoms with Crippen LogP contribution in [0, 0.1) is 5.92 Å². The standard InChI is InChI=1S/C16H29N3O3/c1-16(2,3)22-15(21)17-11-13-8-10-19(12-13)14(20)7-6-9-18(4)5/h6-7,13H,8-12H2,1-5H3,(H,17,21)/b7-6+/t13-/m1/s1. The minimum absolute atomic E-state index is 0.0432. The molecule has 0 aromatic rings. The van der Waals surface area contributed by atoms with Crippen molar-refractivity contribution in [3.63, 3.8) is 0 Å². The summed E-state index contributed by atoms with van der Waals surface area (Å²) in [5, 5.41) is 2.77. The monoisotopic (exact) mass is 311 g/mol. The third-order valence-electron chi connectivity index (χ3n) is 3.26. The molecule has 0 aromatic carbocycles.